The molecule has 0 aromatic heterocycles. The van der Waals surface area contributed by atoms with Gasteiger partial charge in [-0.25, -0.2) is 0 Å². The van der Waals surface area contributed by atoms with Crippen molar-refractivity contribution in [2.24, 2.45) is 0 Å². The third-order valence-electron chi connectivity index (χ3n) is 3.93. The van der Waals surface area contributed by atoms with E-state index in [-0.39, 0.29) is 24.3 Å². The van der Waals surface area contributed by atoms with Gasteiger partial charge in [0.2, 0.25) is 0 Å². The first-order valence-electron chi connectivity index (χ1n) is 7.20. The predicted octanol–water partition coefficient (Wildman–Crippen LogP) is -0.628. The fraction of sp³-hybridized carbons (Fsp3) is 1.00. The second-order valence-electron chi connectivity index (χ2n) is 5.69. The molecule has 7 nitrogen and oxygen atoms in total. The number of aliphatic hydroxyl groups excluding tert-OH is 1. The van der Waals surface area contributed by atoms with E-state index in [1.807, 2.05) is 0 Å². The van der Waals surface area contributed by atoms with Crippen molar-refractivity contribution in [2.75, 3.05) is 0 Å². The number of hydrogen-bond acceptors (Lipinski definition) is 6. The second kappa shape index (κ2) is 6.72. The van der Waals surface area contributed by atoms with Crippen molar-refractivity contribution in [3.05, 3.63) is 0 Å². The maximum Gasteiger partial charge on any atom is 0.373 e. The second-order valence-corrected chi connectivity index (χ2v) is 7.03. The van der Waals surface area contributed by atoms with Crippen LogP contribution in [0.3, 0.4) is 0 Å². The summed E-state index contributed by atoms with van der Waals surface area (Å²) < 4.78 is 28.6. The van der Waals surface area contributed by atoms with Crippen molar-refractivity contribution in [3.63, 3.8) is 0 Å². The van der Waals surface area contributed by atoms with Gasteiger partial charge < -0.3 is 15.4 Å². The molecule has 4 N–H and O–H groups in total. The van der Waals surface area contributed by atoms with Crippen molar-refractivity contribution < 1.29 is 22.7 Å². The highest BCUT2D eigenvalue weighted by Crippen LogP contribution is 2.28. The molecule has 0 aromatic carbocycles. The Kier molecular flexibility index (Phi) is 5.44. The zero-order valence-corrected chi connectivity index (χ0v) is 12.5. The number of aliphatic hydroxyl groups is 1. The summed E-state index contributed by atoms with van der Waals surface area (Å²) in [5, 5.41) is 21.1. The van der Waals surface area contributed by atoms with Crippen molar-refractivity contribution in [2.45, 2.75) is 69.6 Å². The zero-order valence-electron chi connectivity index (χ0n) is 11.7. The summed E-state index contributed by atoms with van der Waals surface area (Å²) >= 11 is 0. The lowest BCUT2D eigenvalue weighted by Gasteiger charge is -2.16. The molecule has 116 valence electrons. The quantitative estimate of drug-likeness (QED) is 0.506. The number of fused-ring (bicyclic) bond motifs is 1. The van der Waals surface area contributed by atoms with Gasteiger partial charge in [0.1, 0.15) is 0 Å². The lowest BCUT2D eigenvalue weighted by atomic mass is 9.87. The van der Waals surface area contributed by atoms with Gasteiger partial charge in [-0.15, -0.1) is 0 Å². The maximum absolute atomic E-state index is 10.7. The van der Waals surface area contributed by atoms with E-state index in [0.717, 1.165) is 38.5 Å². The molecule has 3 aliphatic rings. The molecule has 9 heteroatoms. The summed E-state index contributed by atoms with van der Waals surface area (Å²) in [4.78, 5) is 0. The average Bonchev–Trinajstić information content (AvgIpc) is 2.95. The van der Waals surface area contributed by atoms with Crippen LogP contribution < -0.4 is 9.95 Å². The molecule has 4 atom stereocenters. The molecule has 0 amide bonds. The van der Waals surface area contributed by atoms with Gasteiger partial charge in [-0.1, -0.05) is 0 Å². The lowest BCUT2D eigenvalue weighted by molar-refractivity contribution is 0.157. The molecule has 0 aromatic rings. The fourth-order valence-electron chi connectivity index (χ4n) is 3.00. The first kappa shape index (κ1) is 16.2. The van der Waals surface area contributed by atoms with Gasteiger partial charge in [-0.2, -0.15) is 13.1 Å². The highest BCUT2D eigenvalue weighted by atomic mass is 32.2. The van der Waals surface area contributed by atoms with Gasteiger partial charge >= 0.3 is 17.4 Å². The van der Waals surface area contributed by atoms with Gasteiger partial charge in [0.25, 0.3) is 0 Å². The van der Waals surface area contributed by atoms with Crippen molar-refractivity contribution in [1.82, 2.24) is 9.95 Å². The van der Waals surface area contributed by atoms with Gasteiger partial charge in [0.05, 0.1) is 18.2 Å². The van der Waals surface area contributed by atoms with Crippen LogP contribution in [0.15, 0.2) is 0 Å². The molecule has 4 unspecified atom stereocenters. The topological polar surface area (TPSA) is 108 Å². The monoisotopic (exact) mass is 306 g/mol. The molecule has 1 heterocycles. The Morgan fingerprint density at radius 3 is 2.50 bits per heavy atom. The molecule has 20 heavy (non-hydrogen) atoms. The minimum atomic E-state index is -3.36. The summed E-state index contributed by atoms with van der Waals surface area (Å²) in [5.74, 6) is 0. The summed E-state index contributed by atoms with van der Waals surface area (Å²) in [6, 6.07) is 0.171. The fourth-order valence-corrected chi connectivity index (χ4v) is 4.25. The van der Waals surface area contributed by atoms with E-state index in [0.29, 0.717) is 0 Å². The number of rotatable bonds is 2. The van der Waals surface area contributed by atoms with Gasteiger partial charge in [-0.05, 0) is 45.3 Å². The highest BCUT2D eigenvalue weighted by molar-refractivity contribution is 7.85. The molecule has 1 saturated heterocycles. The van der Waals surface area contributed by atoms with Crippen LogP contribution in [0.2, 0.25) is 6.82 Å². The van der Waals surface area contributed by atoms with Crippen LogP contribution in [0.1, 0.15) is 38.5 Å². The molecule has 3 rings (SSSR count). The molecular weight excluding hydrogens is 283 g/mol. The van der Waals surface area contributed by atoms with Crippen LogP contribution in [0.25, 0.3) is 0 Å². The minimum absolute atomic E-state index is 0.0602. The largest absolute Gasteiger partial charge is 0.437 e. The molecular formula is C11H23BN2O5S. The molecule has 2 saturated carbocycles. The normalized spacial score (nSPS) is 38.1. The zero-order chi connectivity index (χ0) is 14.8. The highest BCUT2D eigenvalue weighted by Gasteiger charge is 2.40. The third-order valence-corrected chi connectivity index (χ3v) is 5.03. The first-order chi connectivity index (χ1) is 9.37. The number of hydrogen-bond donors (Lipinski definition) is 4. The summed E-state index contributed by atoms with van der Waals surface area (Å²) in [6.45, 7) is 1.67. The Balaban J connectivity index is 0.000000147. The Hall–Kier alpha value is -0.185. The SMILES string of the molecule is CB(O)NC1CCCC1O.O=S1(=O)NC2CCCC2O1. The third kappa shape index (κ3) is 4.41. The molecule has 0 bridgehead atoms. The summed E-state index contributed by atoms with van der Waals surface area (Å²) in [6.07, 6.45) is 5.43. The Bertz CT molecular complexity index is 401. The van der Waals surface area contributed by atoms with Gasteiger partial charge in [0.15, 0.2) is 0 Å². The van der Waals surface area contributed by atoms with Crippen LogP contribution in [-0.2, 0) is 14.5 Å². The van der Waals surface area contributed by atoms with Crippen LogP contribution in [0.4, 0.5) is 0 Å². The standard InChI is InChI=1S/C6H14BNO2.C5H9NO3S/c1-7(10)8-5-3-2-4-6(5)9;7-10(8)6-4-2-1-3-5(4)9-10/h5-6,8-10H,2-4H2,1H3;4-6H,1-3H2. The Morgan fingerprint density at radius 1 is 1.25 bits per heavy atom. The summed E-state index contributed by atoms with van der Waals surface area (Å²) in [5.41, 5.74) is 0. The van der Waals surface area contributed by atoms with Gasteiger partial charge in [0, 0.05) is 6.04 Å². The smallest absolute Gasteiger partial charge is 0.373 e. The van der Waals surface area contributed by atoms with Crippen molar-refractivity contribution >= 4 is 17.4 Å². The van der Waals surface area contributed by atoms with E-state index in [2.05, 4.69) is 9.95 Å². The minimum Gasteiger partial charge on any atom is -0.437 e. The van der Waals surface area contributed by atoms with E-state index >= 15 is 0 Å². The maximum atomic E-state index is 10.7. The van der Waals surface area contributed by atoms with Crippen LogP contribution >= 0.6 is 0 Å². The lowest BCUT2D eigenvalue weighted by Crippen LogP contribution is -2.43. The molecule has 0 spiro atoms. The van der Waals surface area contributed by atoms with Crippen LogP contribution in [-0.4, -0.2) is 49.9 Å². The molecule has 3 fully saturated rings. The van der Waals surface area contributed by atoms with E-state index in [1.165, 1.54) is 0 Å². The van der Waals surface area contributed by atoms with E-state index in [4.69, 9.17) is 9.21 Å². The molecule has 1 aliphatic heterocycles. The predicted molar refractivity (Wildman–Crippen MR) is 75.2 cm³/mol. The van der Waals surface area contributed by atoms with E-state index < -0.39 is 17.4 Å². The number of nitrogens with one attached hydrogen (secondary N) is 2. The molecule has 0 radical (unpaired) electrons. The van der Waals surface area contributed by atoms with E-state index in [9.17, 15) is 13.5 Å². The molecule has 2 aliphatic carbocycles. The first-order valence-corrected chi connectivity index (χ1v) is 8.61. The van der Waals surface area contributed by atoms with E-state index in [1.54, 1.807) is 6.82 Å². The van der Waals surface area contributed by atoms with Crippen molar-refractivity contribution in [3.8, 4) is 0 Å². The average molecular weight is 306 g/mol. The Morgan fingerprint density at radius 2 is 1.95 bits per heavy atom. The van der Waals surface area contributed by atoms with Gasteiger partial charge in [-0.3, -0.25) is 4.18 Å². The van der Waals surface area contributed by atoms with Crippen molar-refractivity contribution in [1.29, 1.82) is 0 Å². The summed E-state index contributed by atoms with van der Waals surface area (Å²) in [7, 11) is -3.86. The van der Waals surface area contributed by atoms with Crippen LogP contribution in [0.5, 0.6) is 0 Å². The van der Waals surface area contributed by atoms with Crippen LogP contribution in [0, 0.1) is 0 Å². The Labute approximate surface area is 120 Å².